The van der Waals surface area contributed by atoms with Crippen molar-refractivity contribution in [2.45, 2.75) is 32.2 Å². The minimum atomic E-state index is -2.32. The molecule has 1 nitrogen and oxygen atoms in total. The van der Waals surface area contributed by atoms with Crippen LogP contribution in [0.25, 0.3) is 0 Å². The predicted molar refractivity (Wildman–Crippen MR) is 41.5 cm³/mol. The zero-order valence-corrected chi connectivity index (χ0v) is 6.61. The van der Waals surface area contributed by atoms with E-state index in [1.165, 1.54) is 0 Å². The first-order valence-electron chi connectivity index (χ1n) is 3.67. The SMILES string of the molecule is C#CCCC(NCC)C(F)F. The molecule has 0 spiro atoms. The van der Waals surface area contributed by atoms with Crippen molar-refractivity contribution in [2.24, 2.45) is 0 Å². The number of terminal acetylenes is 1. The lowest BCUT2D eigenvalue weighted by Gasteiger charge is -2.14. The molecule has 0 amide bonds. The van der Waals surface area contributed by atoms with Crippen LogP contribution in [-0.4, -0.2) is 19.0 Å². The summed E-state index contributed by atoms with van der Waals surface area (Å²) in [5.74, 6) is 2.34. The fraction of sp³-hybridized carbons (Fsp3) is 0.750. The van der Waals surface area contributed by atoms with Crippen molar-refractivity contribution in [3.05, 3.63) is 0 Å². The molecule has 11 heavy (non-hydrogen) atoms. The molecule has 0 aromatic carbocycles. The number of hydrogen-bond acceptors (Lipinski definition) is 1. The van der Waals surface area contributed by atoms with E-state index in [-0.39, 0.29) is 0 Å². The van der Waals surface area contributed by atoms with Crippen molar-refractivity contribution < 1.29 is 8.78 Å². The Labute approximate surface area is 66.2 Å². The topological polar surface area (TPSA) is 12.0 Å². The summed E-state index contributed by atoms with van der Waals surface area (Å²) >= 11 is 0. The first-order valence-corrected chi connectivity index (χ1v) is 3.67. The molecule has 0 aliphatic carbocycles. The van der Waals surface area contributed by atoms with Crippen molar-refractivity contribution in [1.29, 1.82) is 0 Å². The van der Waals surface area contributed by atoms with Crippen LogP contribution in [0.3, 0.4) is 0 Å². The number of hydrogen-bond donors (Lipinski definition) is 1. The van der Waals surface area contributed by atoms with Crippen LogP contribution >= 0.6 is 0 Å². The Morgan fingerprint density at radius 1 is 1.55 bits per heavy atom. The fourth-order valence-corrected chi connectivity index (χ4v) is 0.818. The predicted octanol–water partition coefficient (Wildman–Crippen LogP) is 1.64. The van der Waals surface area contributed by atoms with Gasteiger partial charge in [0.2, 0.25) is 0 Å². The highest BCUT2D eigenvalue weighted by Crippen LogP contribution is 2.06. The van der Waals surface area contributed by atoms with E-state index in [0.717, 1.165) is 0 Å². The summed E-state index contributed by atoms with van der Waals surface area (Å²) in [5, 5.41) is 2.67. The molecule has 0 radical (unpaired) electrons. The Morgan fingerprint density at radius 3 is 2.55 bits per heavy atom. The summed E-state index contributed by atoms with van der Waals surface area (Å²) in [6.07, 6.45) is 3.39. The first-order chi connectivity index (χ1) is 5.22. The lowest BCUT2D eigenvalue weighted by atomic mass is 10.1. The third-order valence-electron chi connectivity index (χ3n) is 1.37. The van der Waals surface area contributed by atoms with Crippen LogP contribution in [0.1, 0.15) is 19.8 Å². The second-order valence-corrected chi connectivity index (χ2v) is 2.24. The molecule has 0 saturated carbocycles. The Bertz CT molecular complexity index is 129. The van der Waals surface area contributed by atoms with Crippen molar-refractivity contribution in [2.75, 3.05) is 6.54 Å². The van der Waals surface area contributed by atoms with Gasteiger partial charge in [-0.05, 0) is 13.0 Å². The van der Waals surface area contributed by atoms with Gasteiger partial charge in [-0.25, -0.2) is 8.78 Å². The van der Waals surface area contributed by atoms with E-state index in [9.17, 15) is 8.78 Å². The van der Waals surface area contributed by atoms with E-state index in [4.69, 9.17) is 6.42 Å². The molecular weight excluding hydrogens is 148 g/mol. The molecule has 0 rings (SSSR count). The molecular formula is C8H13F2N. The molecule has 0 aliphatic heterocycles. The molecule has 0 aromatic rings. The zero-order valence-electron chi connectivity index (χ0n) is 6.61. The van der Waals surface area contributed by atoms with E-state index in [0.29, 0.717) is 19.4 Å². The van der Waals surface area contributed by atoms with Crippen molar-refractivity contribution in [3.8, 4) is 12.3 Å². The van der Waals surface area contributed by atoms with Gasteiger partial charge < -0.3 is 5.32 Å². The highest BCUT2D eigenvalue weighted by Gasteiger charge is 2.17. The summed E-state index contributed by atoms with van der Waals surface area (Å²) in [6, 6.07) is -0.740. The Hall–Kier alpha value is -0.620. The Kier molecular flexibility index (Phi) is 5.77. The van der Waals surface area contributed by atoms with Gasteiger partial charge in [-0.3, -0.25) is 0 Å². The largest absolute Gasteiger partial charge is 0.309 e. The lowest BCUT2D eigenvalue weighted by molar-refractivity contribution is 0.0957. The maximum atomic E-state index is 12.1. The van der Waals surface area contributed by atoms with Crippen LogP contribution in [0, 0.1) is 12.3 Å². The van der Waals surface area contributed by atoms with Crippen molar-refractivity contribution in [1.82, 2.24) is 5.32 Å². The van der Waals surface area contributed by atoms with Gasteiger partial charge in [-0.15, -0.1) is 12.3 Å². The van der Waals surface area contributed by atoms with Gasteiger partial charge in [0.1, 0.15) is 0 Å². The smallest absolute Gasteiger partial charge is 0.253 e. The standard InChI is InChI=1S/C8H13F2N/c1-3-5-6-7(8(9)10)11-4-2/h1,7-8,11H,4-6H2,2H3. The van der Waals surface area contributed by atoms with Crippen LogP contribution < -0.4 is 5.32 Å². The molecule has 0 fully saturated rings. The van der Waals surface area contributed by atoms with Gasteiger partial charge >= 0.3 is 0 Å². The number of rotatable bonds is 5. The van der Waals surface area contributed by atoms with E-state index < -0.39 is 12.5 Å². The maximum absolute atomic E-state index is 12.1. The highest BCUT2D eigenvalue weighted by molar-refractivity contribution is 4.86. The quantitative estimate of drug-likeness (QED) is 0.604. The maximum Gasteiger partial charge on any atom is 0.253 e. The summed E-state index contributed by atoms with van der Waals surface area (Å²) in [4.78, 5) is 0. The molecule has 1 atom stereocenters. The Morgan fingerprint density at radius 2 is 2.18 bits per heavy atom. The number of halogens is 2. The molecule has 0 bridgehead atoms. The highest BCUT2D eigenvalue weighted by atomic mass is 19.3. The molecule has 3 heteroatoms. The third-order valence-corrected chi connectivity index (χ3v) is 1.37. The number of alkyl halides is 2. The Balaban J connectivity index is 3.62. The minimum absolute atomic E-state index is 0.349. The van der Waals surface area contributed by atoms with Crippen molar-refractivity contribution in [3.63, 3.8) is 0 Å². The van der Waals surface area contributed by atoms with Gasteiger partial charge in [-0.1, -0.05) is 6.92 Å². The van der Waals surface area contributed by atoms with Gasteiger partial charge in [0.25, 0.3) is 6.43 Å². The second-order valence-electron chi connectivity index (χ2n) is 2.24. The van der Waals surface area contributed by atoms with Crippen LogP contribution in [-0.2, 0) is 0 Å². The molecule has 0 aromatic heterocycles. The monoisotopic (exact) mass is 161 g/mol. The summed E-state index contributed by atoms with van der Waals surface area (Å²) in [6.45, 7) is 2.35. The van der Waals surface area contributed by atoms with E-state index in [1.54, 1.807) is 6.92 Å². The van der Waals surface area contributed by atoms with Crippen LogP contribution in [0.15, 0.2) is 0 Å². The summed E-state index contributed by atoms with van der Waals surface area (Å²) < 4.78 is 24.2. The van der Waals surface area contributed by atoms with Gasteiger partial charge in [-0.2, -0.15) is 0 Å². The first kappa shape index (κ1) is 10.4. The van der Waals surface area contributed by atoms with E-state index in [2.05, 4.69) is 11.2 Å². The molecule has 0 saturated heterocycles. The molecule has 0 aliphatic rings. The number of nitrogens with one attached hydrogen (secondary N) is 1. The van der Waals surface area contributed by atoms with Crippen LogP contribution in [0.2, 0.25) is 0 Å². The van der Waals surface area contributed by atoms with E-state index in [1.807, 2.05) is 0 Å². The summed E-state index contributed by atoms with van der Waals surface area (Å²) in [7, 11) is 0. The van der Waals surface area contributed by atoms with Crippen LogP contribution in [0.4, 0.5) is 8.78 Å². The van der Waals surface area contributed by atoms with Gasteiger partial charge in [0.05, 0.1) is 6.04 Å². The van der Waals surface area contributed by atoms with Crippen molar-refractivity contribution >= 4 is 0 Å². The van der Waals surface area contributed by atoms with Crippen LogP contribution in [0.5, 0.6) is 0 Å². The third kappa shape index (κ3) is 4.74. The lowest BCUT2D eigenvalue weighted by Crippen LogP contribution is -2.35. The zero-order chi connectivity index (χ0) is 8.69. The van der Waals surface area contributed by atoms with Gasteiger partial charge in [0.15, 0.2) is 0 Å². The fourth-order valence-electron chi connectivity index (χ4n) is 0.818. The van der Waals surface area contributed by atoms with E-state index >= 15 is 0 Å². The minimum Gasteiger partial charge on any atom is -0.309 e. The normalized spacial score (nSPS) is 13.0. The molecule has 1 unspecified atom stereocenters. The molecule has 0 heterocycles. The second kappa shape index (κ2) is 6.11. The molecule has 64 valence electrons. The average molecular weight is 161 g/mol. The average Bonchev–Trinajstić information content (AvgIpc) is 1.97. The van der Waals surface area contributed by atoms with Gasteiger partial charge in [0, 0.05) is 6.42 Å². The summed E-state index contributed by atoms with van der Waals surface area (Å²) in [5.41, 5.74) is 0. The molecule has 1 N–H and O–H groups in total.